The number of imidazole rings is 1. The molecule has 1 aromatic rings. The Morgan fingerprint density at radius 1 is 0.578 bits per heavy atom. The monoisotopic (exact) mass is 652 g/mol. The summed E-state index contributed by atoms with van der Waals surface area (Å²) in [5, 5.41) is 3.17. The van der Waals surface area contributed by atoms with Gasteiger partial charge < -0.3 is 10.3 Å². The van der Waals surface area contributed by atoms with Crippen molar-refractivity contribution < 1.29 is 4.79 Å². The van der Waals surface area contributed by atoms with E-state index in [1.165, 1.54) is 186 Å². The molecule has 1 rings (SSSR count). The van der Waals surface area contributed by atoms with Crippen molar-refractivity contribution in [3.63, 3.8) is 0 Å². The number of H-pyrrole nitrogens is 1. The third-order valence-corrected chi connectivity index (χ3v) is 9.52. The number of hydrogen-bond donors (Lipinski definition) is 2. The van der Waals surface area contributed by atoms with Crippen LogP contribution in [0, 0.1) is 0 Å². The molecule has 5 heteroatoms. The van der Waals surface area contributed by atoms with E-state index in [0.717, 1.165) is 24.4 Å². The van der Waals surface area contributed by atoms with Crippen LogP contribution in [0.2, 0.25) is 0 Å². The molecule has 1 amide bonds. The summed E-state index contributed by atoms with van der Waals surface area (Å²) >= 11 is 0. The van der Waals surface area contributed by atoms with Gasteiger partial charge in [0, 0.05) is 12.8 Å². The van der Waals surface area contributed by atoms with Crippen molar-refractivity contribution in [2.24, 2.45) is 0 Å². The van der Waals surface area contributed by atoms with Crippen molar-refractivity contribution in [2.45, 2.75) is 232 Å². The van der Waals surface area contributed by atoms with Gasteiger partial charge in [0.05, 0.1) is 17.9 Å². The fraction of sp³-hybridized carbons (Fsp3) is 0.900. The molecule has 0 saturated carbocycles. The maximum absolute atomic E-state index is 12.5. The Balaban J connectivity index is 0.0000194. The summed E-state index contributed by atoms with van der Waals surface area (Å²) in [6.45, 7) is 6.65. The Kier molecular flexibility index (Phi) is 33.5. The molecule has 0 saturated heterocycles. The Hall–Kier alpha value is -1.03. The van der Waals surface area contributed by atoms with Gasteiger partial charge in [0.15, 0.2) is 0 Å². The number of nitrogens with one attached hydrogen (secondary N) is 2. The Morgan fingerprint density at radius 2 is 0.911 bits per heavy atom. The maximum atomic E-state index is 12.5. The van der Waals surface area contributed by atoms with Crippen LogP contribution in [0.4, 0.5) is 0 Å². The van der Waals surface area contributed by atoms with E-state index in [1.807, 2.05) is 6.20 Å². The van der Waals surface area contributed by atoms with Gasteiger partial charge in [-0.1, -0.05) is 194 Å². The quantitative estimate of drug-likeness (QED) is 0.0728. The first-order valence-corrected chi connectivity index (χ1v) is 20.0. The highest BCUT2D eigenvalue weighted by atomic mass is 35.5. The van der Waals surface area contributed by atoms with Crippen LogP contribution in [0.5, 0.6) is 0 Å². The molecule has 45 heavy (non-hydrogen) atoms. The Bertz CT molecular complexity index is 737. The van der Waals surface area contributed by atoms with Crippen molar-refractivity contribution in [2.75, 3.05) is 0 Å². The summed E-state index contributed by atoms with van der Waals surface area (Å²) in [6, 6.07) is 0.00106. The average molecular weight is 653 g/mol. The smallest absolute Gasteiger partial charge is 0.220 e. The molecule has 4 nitrogen and oxygen atoms in total. The second-order valence-electron chi connectivity index (χ2n) is 14.0. The van der Waals surface area contributed by atoms with Gasteiger partial charge in [-0.3, -0.25) is 4.79 Å². The van der Waals surface area contributed by atoms with E-state index < -0.39 is 0 Å². The highest BCUT2D eigenvalue weighted by molar-refractivity contribution is 5.85. The maximum Gasteiger partial charge on any atom is 0.220 e. The Morgan fingerprint density at radius 3 is 1.29 bits per heavy atom. The van der Waals surface area contributed by atoms with Crippen LogP contribution >= 0.6 is 12.4 Å². The van der Waals surface area contributed by atoms with E-state index in [1.54, 1.807) is 0 Å². The van der Waals surface area contributed by atoms with E-state index in [0.29, 0.717) is 6.42 Å². The van der Waals surface area contributed by atoms with Crippen LogP contribution in [0.1, 0.15) is 237 Å². The lowest BCUT2D eigenvalue weighted by molar-refractivity contribution is -0.121. The first-order chi connectivity index (χ1) is 21.7. The van der Waals surface area contributed by atoms with Gasteiger partial charge in [-0.25, -0.2) is 4.98 Å². The molecule has 1 unspecified atom stereocenters. The van der Waals surface area contributed by atoms with E-state index >= 15 is 0 Å². The summed E-state index contributed by atoms with van der Waals surface area (Å²) < 4.78 is 0. The first-order valence-electron chi connectivity index (χ1n) is 20.0. The van der Waals surface area contributed by atoms with Gasteiger partial charge in [0.1, 0.15) is 5.82 Å². The second kappa shape index (κ2) is 34.3. The Labute approximate surface area is 287 Å². The fourth-order valence-electron chi connectivity index (χ4n) is 6.44. The van der Waals surface area contributed by atoms with Crippen LogP contribution < -0.4 is 5.32 Å². The van der Waals surface area contributed by atoms with Gasteiger partial charge in [-0.05, 0) is 19.8 Å². The SMILES string of the molecule is CCCCCCCCCCCCCCCCCC(=O)NC(C)c1cnc(CCCCCCCCCCCCCCCCC)[nH]1.Cl. The van der Waals surface area contributed by atoms with Crippen molar-refractivity contribution in [3.05, 3.63) is 17.7 Å². The van der Waals surface area contributed by atoms with Gasteiger partial charge in [-0.2, -0.15) is 0 Å². The van der Waals surface area contributed by atoms with Gasteiger partial charge in [-0.15, -0.1) is 12.4 Å². The van der Waals surface area contributed by atoms with Gasteiger partial charge in [0.2, 0.25) is 5.91 Å². The summed E-state index contributed by atoms with van der Waals surface area (Å²) in [4.78, 5) is 20.5. The molecule has 1 heterocycles. The lowest BCUT2D eigenvalue weighted by atomic mass is 10.0. The number of aryl methyl sites for hydroxylation is 1. The molecule has 2 N–H and O–H groups in total. The number of hydrogen-bond acceptors (Lipinski definition) is 2. The van der Waals surface area contributed by atoms with Crippen molar-refractivity contribution in [3.8, 4) is 0 Å². The lowest BCUT2D eigenvalue weighted by Crippen LogP contribution is -2.26. The van der Waals surface area contributed by atoms with Crippen LogP contribution in [0.15, 0.2) is 6.20 Å². The normalized spacial score (nSPS) is 11.9. The molecule has 0 aliphatic carbocycles. The standard InChI is InChI=1S/C40H77N3O.ClH/c1-4-6-8-10-12-14-16-18-20-22-24-26-28-30-32-34-39-41-36-38(43-39)37(3)42-40(44)35-33-31-29-27-25-23-21-19-17-15-13-11-9-7-5-2;/h36-37H,4-35H2,1-3H3,(H,41,43)(H,42,44);1H. The molecule has 0 spiro atoms. The molecule has 0 fully saturated rings. The topological polar surface area (TPSA) is 57.8 Å². The molecule has 0 aliphatic heterocycles. The minimum absolute atomic E-state index is 0. The van der Waals surface area contributed by atoms with Crippen molar-refractivity contribution in [1.82, 2.24) is 15.3 Å². The third kappa shape index (κ3) is 28.9. The summed E-state index contributed by atoms with van der Waals surface area (Å²) in [6.07, 6.45) is 44.7. The fourth-order valence-corrected chi connectivity index (χ4v) is 6.44. The first kappa shape index (κ1) is 44.0. The second-order valence-corrected chi connectivity index (χ2v) is 14.0. The van der Waals surface area contributed by atoms with Gasteiger partial charge in [0.25, 0.3) is 0 Å². The molecule has 0 bridgehead atoms. The number of halogens is 1. The number of carbonyl (C=O) groups excluding carboxylic acids is 1. The molecular formula is C40H78ClN3O. The highest BCUT2D eigenvalue weighted by Gasteiger charge is 2.12. The number of carbonyl (C=O) groups is 1. The molecule has 1 aromatic heterocycles. The lowest BCUT2D eigenvalue weighted by Gasteiger charge is -2.12. The zero-order valence-electron chi connectivity index (χ0n) is 30.5. The van der Waals surface area contributed by atoms with Crippen molar-refractivity contribution in [1.29, 1.82) is 0 Å². The van der Waals surface area contributed by atoms with E-state index in [2.05, 4.69) is 36.1 Å². The van der Waals surface area contributed by atoms with Crippen LogP contribution in [0.25, 0.3) is 0 Å². The molecule has 0 radical (unpaired) electrons. The summed E-state index contributed by atoms with van der Waals surface area (Å²) in [5.74, 6) is 1.24. The molecule has 0 aliphatic rings. The number of nitrogens with zero attached hydrogens (tertiary/aromatic N) is 1. The average Bonchev–Trinajstić information content (AvgIpc) is 3.50. The number of unbranched alkanes of at least 4 members (excludes halogenated alkanes) is 28. The zero-order chi connectivity index (χ0) is 31.8. The molecular weight excluding hydrogens is 574 g/mol. The predicted molar refractivity (Wildman–Crippen MR) is 201 cm³/mol. The zero-order valence-corrected chi connectivity index (χ0v) is 31.4. The minimum Gasteiger partial charge on any atom is -0.348 e. The number of amides is 1. The summed E-state index contributed by atoms with van der Waals surface area (Å²) in [7, 11) is 0. The highest BCUT2D eigenvalue weighted by Crippen LogP contribution is 2.17. The summed E-state index contributed by atoms with van der Waals surface area (Å²) in [5.41, 5.74) is 1.03. The minimum atomic E-state index is 0. The van der Waals surface area contributed by atoms with E-state index in [-0.39, 0.29) is 24.4 Å². The van der Waals surface area contributed by atoms with Gasteiger partial charge >= 0.3 is 0 Å². The third-order valence-electron chi connectivity index (χ3n) is 9.52. The predicted octanol–water partition coefficient (Wildman–Crippen LogP) is 13.7. The largest absolute Gasteiger partial charge is 0.348 e. The van der Waals surface area contributed by atoms with E-state index in [4.69, 9.17) is 0 Å². The molecule has 1 atom stereocenters. The molecule has 266 valence electrons. The molecule has 0 aromatic carbocycles. The van der Waals surface area contributed by atoms with E-state index in [9.17, 15) is 4.79 Å². The van der Waals surface area contributed by atoms with Crippen LogP contribution in [-0.4, -0.2) is 15.9 Å². The van der Waals surface area contributed by atoms with Crippen LogP contribution in [-0.2, 0) is 11.2 Å². The van der Waals surface area contributed by atoms with Crippen molar-refractivity contribution >= 4 is 18.3 Å². The number of aromatic amines is 1. The number of rotatable bonds is 34. The van der Waals surface area contributed by atoms with Crippen LogP contribution in [0.3, 0.4) is 0 Å². The number of aromatic nitrogens is 2.